The first-order valence-electron chi connectivity index (χ1n) is 5.78. The van der Waals surface area contributed by atoms with Crippen LogP contribution in [0, 0.1) is 18.7 Å². The summed E-state index contributed by atoms with van der Waals surface area (Å²) >= 11 is 0. The third kappa shape index (κ3) is 2.35. The summed E-state index contributed by atoms with van der Waals surface area (Å²) in [6.45, 7) is 3.84. The van der Waals surface area contributed by atoms with Gasteiger partial charge in [0.25, 0.3) is 0 Å². The highest BCUT2D eigenvalue weighted by Crippen LogP contribution is 2.22. The first kappa shape index (κ1) is 11.8. The van der Waals surface area contributed by atoms with Crippen molar-refractivity contribution in [2.24, 2.45) is 21.9 Å². The molecule has 1 aliphatic heterocycles. The van der Waals surface area contributed by atoms with Crippen molar-refractivity contribution < 1.29 is 4.39 Å². The summed E-state index contributed by atoms with van der Waals surface area (Å²) in [5.74, 6) is 0.651. The second-order valence-corrected chi connectivity index (χ2v) is 4.35. The van der Waals surface area contributed by atoms with E-state index in [0.717, 1.165) is 24.1 Å². The van der Waals surface area contributed by atoms with E-state index in [0.29, 0.717) is 11.4 Å². The Balaban J connectivity index is 2.40. The fraction of sp³-hybridized carbons (Fsp3) is 0.385. The Labute approximate surface area is 100 Å². The molecule has 0 bridgehead atoms. The molecule has 1 aromatic carbocycles. The molecule has 2 N–H and O–H groups in total. The van der Waals surface area contributed by atoms with Gasteiger partial charge >= 0.3 is 0 Å². The van der Waals surface area contributed by atoms with Crippen molar-refractivity contribution >= 4 is 11.5 Å². The van der Waals surface area contributed by atoms with Crippen LogP contribution in [-0.4, -0.2) is 11.5 Å². The predicted molar refractivity (Wildman–Crippen MR) is 67.7 cm³/mol. The lowest BCUT2D eigenvalue weighted by Gasteiger charge is -2.20. The van der Waals surface area contributed by atoms with Crippen molar-refractivity contribution in [3.05, 3.63) is 35.1 Å². The van der Waals surface area contributed by atoms with Crippen molar-refractivity contribution in [2.75, 3.05) is 0 Å². The van der Waals surface area contributed by atoms with Crippen molar-refractivity contribution in [3.63, 3.8) is 0 Å². The smallest absolute Gasteiger partial charge is 0.126 e. The number of aryl methyl sites for hydroxylation is 1. The molecule has 0 fully saturated rings. The highest BCUT2D eigenvalue weighted by Gasteiger charge is 2.21. The summed E-state index contributed by atoms with van der Waals surface area (Å²) in [7, 11) is 0. The van der Waals surface area contributed by atoms with Gasteiger partial charge in [-0.25, -0.2) is 4.39 Å². The van der Waals surface area contributed by atoms with Crippen LogP contribution >= 0.6 is 0 Å². The molecular formula is C13H16FN3. The van der Waals surface area contributed by atoms with E-state index in [1.165, 1.54) is 6.07 Å². The summed E-state index contributed by atoms with van der Waals surface area (Å²) in [5.41, 5.74) is 8.15. The van der Waals surface area contributed by atoms with Gasteiger partial charge in [-0.15, -0.1) is 5.10 Å². The Morgan fingerprint density at radius 3 is 2.82 bits per heavy atom. The lowest BCUT2D eigenvalue weighted by molar-refractivity contribution is 0.618. The Hall–Kier alpha value is -1.71. The molecule has 1 aliphatic rings. The van der Waals surface area contributed by atoms with Gasteiger partial charge in [-0.2, -0.15) is 5.10 Å². The van der Waals surface area contributed by atoms with Gasteiger partial charge in [0, 0.05) is 12.3 Å². The van der Waals surface area contributed by atoms with Gasteiger partial charge in [-0.05, 0) is 36.6 Å². The van der Waals surface area contributed by atoms with E-state index in [-0.39, 0.29) is 11.7 Å². The lowest BCUT2D eigenvalue weighted by atomic mass is 9.90. The molecule has 0 aliphatic carbocycles. The second-order valence-electron chi connectivity index (χ2n) is 4.35. The molecule has 3 nitrogen and oxygen atoms in total. The molecular weight excluding hydrogens is 217 g/mol. The van der Waals surface area contributed by atoms with Gasteiger partial charge in [-0.1, -0.05) is 13.0 Å². The van der Waals surface area contributed by atoms with Crippen LogP contribution in [0.4, 0.5) is 4.39 Å². The van der Waals surface area contributed by atoms with Crippen molar-refractivity contribution in [3.8, 4) is 0 Å². The SMILES string of the molecule is CCC1CC(N)=NN=C1c1ccc(F)c(C)c1. The Bertz CT molecular complexity index is 491. The number of nitrogens with zero attached hydrogens (tertiary/aromatic N) is 2. The maximum atomic E-state index is 13.2. The van der Waals surface area contributed by atoms with Crippen LogP contribution in [0.1, 0.15) is 30.9 Å². The van der Waals surface area contributed by atoms with Gasteiger partial charge < -0.3 is 5.73 Å². The van der Waals surface area contributed by atoms with E-state index >= 15 is 0 Å². The predicted octanol–water partition coefficient (Wildman–Crippen LogP) is 2.63. The first-order valence-corrected chi connectivity index (χ1v) is 5.78. The van der Waals surface area contributed by atoms with Crippen LogP contribution in [0.3, 0.4) is 0 Å². The van der Waals surface area contributed by atoms with Crippen LogP contribution in [0.15, 0.2) is 28.4 Å². The number of nitrogens with two attached hydrogens (primary N) is 1. The zero-order chi connectivity index (χ0) is 12.4. The van der Waals surface area contributed by atoms with Crippen LogP contribution < -0.4 is 5.73 Å². The summed E-state index contributed by atoms with van der Waals surface area (Å²) in [6, 6.07) is 5.04. The second kappa shape index (κ2) is 4.65. The van der Waals surface area contributed by atoms with Crippen molar-refractivity contribution in [1.29, 1.82) is 0 Å². The van der Waals surface area contributed by atoms with E-state index in [1.54, 1.807) is 13.0 Å². The minimum Gasteiger partial charge on any atom is -0.386 e. The van der Waals surface area contributed by atoms with Gasteiger partial charge in [0.1, 0.15) is 11.7 Å². The fourth-order valence-electron chi connectivity index (χ4n) is 2.02. The minimum absolute atomic E-state index is 0.193. The zero-order valence-corrected chi connectivity index (χ0v) is 10.1. The molecule has 0 amide bonds. The van der Waals surface area contributed by atoms with E-state index in [9.17, 15) is 4.39 Å². The molecule has 1 atom stereocenters. The molecule has 1 aromatic rings. The average Bonchev–Trinajstić information content (AvgIpc) is 2.32. The van der Waals surface area contributed by atoms with E-state index < -0.39 is 0 Å². The monoisotopic (exact) mass is 233 g/mol. The van der Waals surface area contributed by atoms with Crippen LogP contribution in [0.5, 0.6) is 0 Å². The third-order valence-corrected chi connectivity index (χ3v) is 3.07. The number of benzene rings is 1. The average molecular weight is 233 g/mol. The molecule has 0 saturated heterocycles. The Morgan fingerprint density at radius 1 is 1.41 bits per heavy atom. The van der Waals surface area contributed by atoms with Crippen LogP contribution in [0.25, 0.3) is 0 Å². The molecule has 2 rings (SSSR count). The fourth-order valence-corrected chi connectivity index (χ4v) is 2.02. The summed E-state index contributed by atoms with van der Waals surface area (Å²) in [5, 5.41) is 8.09. The van der Waals surface area contributed by atoms with Crippen LogP contribution in [-0.2, 0) is 0 Å². The molecule has 0 saturated carbocycles. The van der Waals surface area contributed by atoms with Crippen molar-refractivity contribution in [1.82, 2.24) is 0 Å². The lowest BCUT2D eigenvalue weighted by Crippen LogP contribution is -2.26. The number of hydrogen-bond donors (Lipinski definition) is 1. The number of hydrogen-bond acceptors (Lipinski definition) is 3. The largest absolute Gasteiger partial charge is 0.386 e. The highest BCUT2D eigenvalue weighted by atomic mass is 19.1. The van der Waals surface area contributed by atoms with E-state index in [4.69, 9.17) is 5.73 Å². The van der Waals surface area contributed by atoms with Gasteiger partial charge in [0.15, 0.2) is 0 Å². The van der Waals surface area contributed by atoms with Gasteiger partial charge in [0.2, 0.25) is 0 Å². The summed E-state index contributed by atoms with van der Waals surface area (Å²) in [6.07, 6.45) is 1.68. The maximum Gasteiger partial charge on any atom is 0.126 e. The van der Waals surface area contributed by atoms with E-state index in [2.05, 4.69) is 17.1 Å². The topological polar surface area (TPSA) is 50.7 Å². The normalized spacial score (nSPS) is 19.8. The molecule has 90 valence electrons. The van der Waals surface area contributed by atoms with Crippen molar-refractivity contribution in [2.45, 2.75) is 26.7 Å². The number of rotatable bonds is 2. The maximum absolute atomic E-state index is 13.2. The van der Waals surface area contributed by atoms with Gasteiger partial charge in [0.05, 0.1) is 5.71 Å². The standard InChI is InChI=1S/C13H16FN3/c1-3-9-7-12(15)16-17-13(9)10-4-5-11(14)8(2)6-10/h4-6,9H,3,7H2,1-2H3,(H2,15,16). The quantitative estimate of drug-likeness (QED) is 0.838. The van der Waals surface area contributed by atoms with E-state index in [1.807, 2.05) is 6.07 Å². The third-order valence-electron chi connectivity index (χ3n) is 3.07. The van der Waals surface area contributed by atoms with Crippen LogP contribution in [0.2, 0.25) is 0 Å². The molecule has 0 aromatic heterocycles. The molecule has 1 unspecified atom stereocenters. The number of amidine groups is 1. The Morgan fingerprint density at radius 2 is 2.18 bits per heavy atom. The molecule has 0 spiro atoms. The number of halogens is 1. The minimum atomic E-state index is -0.193. The molecule has 17 heavy (non-hydrogen) atoms. The first-order chi connectivity index (χ1) is 8.11. The highest BCUT2D eigenvalue weighted by molar-refractivity contribution is 6.05. The molecule has 4 heteroatoms. The molecule has 1 heterocycles. The Kier molecular flexibility index (Phi) is 3.22. The molecule has 0 radical (unpaired) electrons. The summed E-state index contributed by atoms with van der Waals surface area (Å²) in [4.78, 5) is 0. The zero-order valence-electron chi connectivity index (χ0n) is 10.1. The van der Waals surface area contributed by atoms with Gasteiger partial charge in [-0.3, -0.25) is 0 Å². The summed E-state index contributed by atoms with van der Waals surface area (Å²) < 4.78 is 13.2.